The second-order valence-electron chi connectivity index (χ2n) is 8.53. The molecule has 1 unspecified atom stereocenters. The van der Waals surface area contributed by atoms with E-state index in [0.717, 1.165) is 11.1 Å². The van der Waals surface area contributed by atoms with Crippen molar-refractivity contribution in [3.63, 3.8) is 0 Å². The van der Waals surface area contributed by atoms with Crippen LogP contribution in [-0.4, -0.2) is 33.2 Å². The number of hydrogen-bond acceptors (Lipinski definition) is 5. The first-order valence-electron chi connectivity index (χ1n) is 9.51. The monoisotopic (exact) mass is 390 g/mol. The summed E-state index contributed by atoms with van der Waals surface area (Å²) in [6.07, 6.45) is 2.38. The molecule has 7 nitrogen and oxygen atoms in total. The Morgan fingerprint density at radius 2 is 2.00 bits per heavy atom. The van der Waals surface area contributed by atoms with Gasteiger partial charge in [0.25, 0.3) is 0 Å². The van der Waals surface area contributed by atoms with Gasteiger partial charge < -0.3 is 10.0 Å². The summed E-state index contributed by atoms with van der Waals surface area (Å²) < 4.78 is 1.63. The Bertz CT molecular complexity index is 1090. The molecule has 0 fully saturated rings. The number of ketones is 1. The number of nitriles is 1. The number of Topliss-reactive ketones (excluding diaryl/α,β-unsaturated/α-hetero) is 1. The Morgan fingerprint density at radius 1 is 1.31 bits per heavy atom. The van der Waals surface area contributed by atoms with Crippen LogP contribution in [0.15, 0.2) is 41.7 Å². The number of carboxylic acids is 1. The van der Waals surface area contributed by atoms with Crippen LogP contribution in [0.2, 0.25) is 0 Å². The van der Waals surface area contributed by atoms with Crippen molar-refractivity contribution in [3.8, 4) is 6.07 Å². The maximum absolute atomic E-state index is 13.3. The van der Waals surface area contributed by atoms with Crippen molar-refractivity contribution in [2.75, 3.05) is 11.4 Å². The molecule has 2 aromatic rings. The molecular formula is C22H22N4O3. The Kier molecular flexibility index (Phi) is 4.30. The molecule has 1 aliphatic carbocycles. The summed E-state index contributed by atoms with van der Waals surface area (Å²) in [6.45, 7) is 5.67. The fraction of sp³-hybridized carbons (Fsp3) is 0.364. The molecule has 0 radical (unpaired) electrons. The van der Waals surface area contributed by atoms with Crippen LogP contribution >= 0.6 is 0 Å². The van der Waals surface area contributed by atoms with Crippen molar-refractivity contribution in [1.82, 2.24) is 9.78 Å². The van der Waals surface area contributed by atoms with Crippen LogP contribution in [0.3, 0.4) is 0 Å². The predicted octanol–water partition coefficient (Wildman–Crippen LogP) is 3.20. The lowest BCUT2D eigenvalue weighted by atomic mass is 9.72. The quantitative estimate of drug-likeness (QED) is 0.864. The zero-order valence-electron chi connectivity index (χ0n) is 16.6. The number of carbonyl (C=O) groups excluding carboxylic acids is 1. The molecule has 2 aliphatic rings. The van der Waals surface area contributed by atoms with Crippen molar-refractivity contribution < 1.29 is 14.7 Å². The molecule has 1 atom stereocenters. The van der Waals surface area contributed by atoms with Gasteiger partial charge in [-0.05, 0) is 24.3 Å². The highest BCUT2D eigenvalue weighted by molar-refractivity contribution is 6.00. The highest BCUT2D eigenvalue weighted by Crippen LogP contribution is 2.48. The molecule has 1 N–H and O–H groups in total. The summed E-state index contributed by atoms with van der Waals surface area (Å²) >= 11 is 0. The maximum atomic E-state index is 13.3. The fourth-order valence-corrected chi connectivity index (χ4v) is 4.36. The van der Waals surface area contributed by atoms with Crippen molar-refractivity contribution in [3.05, 3.63) is 58.4 Å². The number of hydrogen-bond donors (Lipinski definition) is 1. The first kappa shape index (κ1) is 18.9. The summed E-state index contributed by atoms with van der Waals surface area (Å²) in [5.74, 6) is -0.597. The van der Waals surface area contributed by atoms with Gasteiger partial charge in [-0.1, -0.05) is 43.7 Å². The largest absolute Gasteiger partial charge is 0.480 e. The van der Waals surface area contributed by atoms with Gasteiger partial charge in [-0.25, -0.2) is 4.68 Å². The average molecular weight is 390 g/mol. The predicted molar refractivity (Wildman–Crippen MR) is 106 cm³/mol. The Labute approximate surface area is 168 Å². The van der Waals surface area contributed by atoms with Crippen molar-refractivity contribution >= 4 is 17.6 Å². The van der Waals surface area contributed by atoms with Gasteiger partial charge in [-0.15, -0.1) is 0 Å². The summed E-state index contributed by atoms with van der Waals surface area (Å²) in [6, 6.07) is 9.52. The van der Waals surface area contributed by atoms with E-state index in [4.69, 9.17) is 0 Å². The third-order valence-corrected chi connectivity index (χ3v) is 5.57. The number of fused-ring (bicyclic) bond motifs is 1. The molecule has 0 spiro atoms. The van der Waals surface area contributed by atoms with E-state index in [1.165, 1.54) is 6.20 Å². The highest BCUT2D eigenvalue weighted by atomic mass is 16.4. The third kappa shape index (κ3) is 3.11. The summed E-state index contributed by atoms with van der Waals surface area (Å²) in [4.78, 5) is 26.5. The fourth-order valence-electron chi connectivity index (χ4n) is 4.36. The molecule has 1 aromatic carbocycles. The first-order valence-corrected chi connectivity index (χ1v) is 9.51. The smallest absolute Gasteiger partial charge is 0.323 e. The van der Waals surface area contributed by atoms with Crippen LogP contribution in [0.5, 0.6) is 0 Å². The lowest BCUT2D eigenvalue weighted by Gasteiger charge is -2.43. The van der Waals surface area contributed by atoms with Crippen molar-refractivity contribution in [2.24, 2.45) is 5.41 Å². The van der Waals surface area contributed by atoms with E-state index in [1.807, 2.05) is 45.0 Å². The number of carbonyl (C=O) groups is 2. The molecule has 1 aromatic heterocycles. The van der Waals surface area contributed by atoms with E-state index in [1.54, 1.807) is 9.58 Å². The number of allylic oxidation sites excluding steroid dienone is 2. The molecular weight excluding hydrogens is 368 g/mol. The third-order valence-electron chi connectivity index (χ3n) is 5.57. The van der Waals surface area contributed by atoms with E-state index in [9.17, 15) is 20.0 Å². The zero-order chi connectivity index (χ0) is 20.9. The highest BCUT2D eigenvalue weighted by Gasteiger charge is 2.45. The van der Waals surface area contributed by atoms with Gasteiger partial charge in [0.15, 0.2) is 11.6 Å². The van der Waals surface area contributed by atoms with Crippen LogP contribution in [-0.2, 0) is 9.59 Å². The minimum atomic E-state index is -1.03. The van der Waals surface area contributed by atoms with Gasteiger partial charge in [-0.2, -0.15) is 10.4 Å². The molecule has 7 heteroatoms. The molecule has 0 saturated heterocycles. The van der Waals surface area contributed by atoms with Gasteiger partial charge in [0, 0.05) is 17.7 Å². The number of aryl methyl sites for hydroxylation is 1. The number of rotatable bonds is 3. The van der Waals surface area contributed by atoms with Gasteiger partial charge in [0.1, 0.15) is 24.2 Å². The minimum Gasteiger partial charge on any atom is -0.480 e. The summed E-state index contributed by atoms with van der Waals surface area (Å²) in [7, 11) is 0. The minimum absolute atomic E-state index is 0.00290. The molecule has 148 valence electrons. The average Bonchev–Trinajstić information content (AvgIpc) is 3.06. The normalized spacial score (nSPS) is 20.1. The molecule has 0 saturated carbocycles. The Balaban J connectivity index is 2.01. The van der Waals surface area contributed by atoms with Crippen LogP contribution in [0, 0.1) is 23.7 Å². The summed E-state index contributed by atoms with van der Waals surface area (Å²) in [5.41, 5.74) is 3.25. The second kappa shape index (κ2) is 6.59. The SMILES string of the molecule is Cc1ccc(C2C3=C(CC(C)(C)CC3=O)N(CC(=O)O)c3c(C#N)cnn32)cc1. The van der Waals surface area contributed by atoms with E-state index >= 15 is 0 Å². The van der Waals surface area contributed by atoms with E-state index in [0.29, 0.717) is 35.5 Å². The van der Waals surface area contributed by atoms with Crippen molar-refractivity contribution in [2.45, 2.75) is 39.7 Å². The topological polar surface area (TPSA) is 99.2 Å². The van der Waals surface area contributed by atoms with Crippen LogP contribution < -0.4 is 4.90 Å². The number of benzene rings is 1. The number of anilines is 1. The molecule has 0 amide bonds. The summed E-state index contributed by atoms with van der Waals surface area (Å²) in [5, 5.41) is 23.5. The lowest BCUT2D eigenvalue weighted by molar-refractivity contribution is -0.135. The number of aromatic nitrogens is 2. The molecule has 4 rings (SSSR count). The lowest BCUT2D eigenvalue weighted by Crippen LogP contribution is -2.44. The molecule has 1 aliphatic heterocycles. The number of aliphatic carboxylic acids is 1. The van der Waals surface area contributed by atoms with Crippen LogP contribution in [0.4, 0.5) is 5.82 Å². The van der Waals surface area contributed by atoms with Gasteiger partial charge in [0.05, 0.1) is 6.20 Å². The van der Waals surface area contributed by atoms with Crippen LogP contribution in [0.25, 0.3) is 0 Å². The first-order chi connectivity index (χ1) is 13.7. The molecule has 0 bridgehead atoms. The van der Waals surface area contributed by atoms with Gasteiger partial charge in [-0.3, -0.25) is 9.59 Å². The van der Waals surface area contributed by atoms with Gasteiger partial charge in [0.2, 0.25) is 0 Å². The Hall–Kier alpha value is -3.40. The second-order valence-corrected chi connectivity index (χ2v) is 8.53. The standard InChI is InChI=1S/C22H22N4O3/c1-13-4-6-14(7-5-13)20-19-16(8-22(2,3)9-17(19)27)25(12-18(28)29)21-15(10-23)11-24-26(20)21/h4-7,11,20H,8-9,12H2,1-3H3,(H,28,29). The molecule has 29 heavy (non-hydrogen) atoms. The van der Waals surface area contributed by atoms with E-state index in [2.05, 4.69) is 11.2 Å². The van der Waals surface area contributed by atoms with E-state index < -0.39 is 12.0 Å². The zero-order valence-corrected chi connectivity index (χ0v) is 16.6. The Morgan fingerprint density at radius 3 is 2.62 bits per heavy atom. The van der Waals surface area contributed by atoms with Gasteiger partial charge >= 0.3 is 5.97 Å². The van der Waals surface area contributed by atoms with E-state index in [-0.39, 0.29) is 17.7 Å². The van der Waals surface area contributed by atoms with Crippen LogP contribution in [0.1, 0.15) is 49.4 Å². The van der Waals surface area contributed by atoms with Crippen molar-refractivity contribution in [1.29, 1.82) is 5.26 Å². The number of nitrogens with zero attached hydrogens (tertiary/aromatic N) is 4. The number of carboxylic acid groups (broad SMARTS) is 1. The molecule has 2 heterocycles. The maximum Gasteiger partial charge on any atom is 0.323 e.